The largest absolute Gasteiger partial charge is 0.303 e. The lowest BCUT2D eigenvalue weighted by molar-refractivity contribution is -0.107. The van der Waals surface area contributed by atoms with Gasteiger partial charge in [0.15, 0.2) is 0 Å². The third-order valence-electron chi connectivity index (χ3n) is 1.21. The molecule has 0 aliphatic heterocycles. The van der Waals surface area contributed by atoms with Gasteiger partial charge in [-0.25, -0.2) is 4.98 Å². The number of nitrogens with zero attached hydrogens (tertiary/aromatic N) is 1. The first-order valence-corrected chi connectivity index (χ1v) is 4.05. The minimum absolute atomic E-state index is 0.463. The van der Waals surface area contributed by atoms with Gasteiger partial charge in [0.2, 0.25) is 0 Å². The molecule has 1 heterocycles. The molecule has 0 unspecified atom stereocenters. The molecule has 2 nitrogen and oxygen atoms in total. The lowest BCUT2D eigenvalue weighted by atomic mass is 10.4. The van der Waals surface area contributed by atoms with Gasteiger partial charge in [0.05, 0.1) is 11.4 Å². The molecule has 0 saturated heterocycles. The van der Waals surface area contributed by atoms with Crippen molar-refractivity contribution in [3.05, 3.63) is 16.1 Å². The van der Waals surface area contributed by atoms with Gasteiger partial charge >= 0.3 is 0 Å². The van der Waals surface area contributed by atoms with E-state index in [0.717, 1.165) is 17.7 Å². The van der Waals surface area contributed by atoms with E-state index in [4.69, 9.17) is 0 Å². The van der Waals surface area contributed by atoms with Gasteiger partial charge in [0.1, 0.15) is 6.29 Å². The number of rotatable bonds is 3. The molecule has 0 aromatic carbocycles. The Hall–Kier alpha value is -0.700. The predicted molar refractivity (Wildman–Crippen MR) is 41.3 cm³/mol. The Morgan fingerprint density at radius 3 is 3.10 bits per heavy atom. The maximum Gasteiger partial charge on any atom is 0.126 e. The highest BCUT2D eigenvalue weighted by molar-refractivity contribution is 7.11. The average Bonchev–Trinajstić information content (AvgIpc) is 2.37. The number of aldehydes is 1. The van der Waals surface area contributed by atoms with Gasteiger partial charge < -0.3 is 4.79 Å². The summed E-state index contributed by atoms with van der Waals surface area (Å²) in [6, 6.07) is 0. The number of carbonyl (C=O) groups excluding carboxylic acids is 1. The van der Waals surface area contributed by atoms with E-state index < -0.39 is 0 Å². The summed E-state index contributed by atoms with van der Waals surface area (Å²) in [4.78, 5) is 15.3. The highest BCUT2D eigenvalue weighted by Gasteiger charge is 1.97. The number of carbonyl (C=O) groups is 1. The van der Waals surface area contributed by atoms with Crippen LogP contribution in [0, 0.1) is 0 Å². The summed E-state index contributed by atoms with van der Waals surface area (Å²) in [5.41, 5.74) is 0. The fraction of sp³-hybridized carbons (Fsp3) is 0.429. The lowest BCUT2D eigenvalue weighted by Crippen LogP contribution is -1.80. The van der Waals surface area contributed by atoms with Crippen LogP contribution in [0.3, 0.4) is 0 Å². The molecule has 0 aliphatic rings. The van der Waals surface area contributed by atoms with Crippen molar-refractivity contribution in [2.45, 2.75) is 19.8 Å². The molecule has 3 heteroatoms. The summed E-state index contributed by atoms with van der Waals surface area (Å²) in [5.74, 6) is 0. The van der Waals surface area contributed by atoms with E-state index in [1.54, 1.807) is 11.3 Å². The number of hydrogen-bond acceptors (Lipinski definition) is 3. The molecule has 1 aromatic heterocycles. The van der Waals surface area contributed by atoms with E-state index in [9.17, 15) is 4.79 Å². The van der Waals surface area contributed by atoms with Gasteiger partial charge in [-0.05, 0) is 6.42 Å². The smallest absolute Gasteiger partial charge is 0.126 e. The number of aryl methyl sites for hydroxylation is 1. The molecule has 54 valence electrons. The second-order valence-electron chi connectivity index (χ2n) is 1.94. The van der Waals surface area contributed by atoms with Crippen molar-refractivity contribution >= 4 is 17.6 Å². The monoisotopic (exact) mass is 155 g/mol. The van der Waals surface area contributed by atoms with E-state index in [1.165, 1.54) is 4.88 Å². The summed E-state index contributed by atoms with van der Waals surface area (Å²) < 4.78 is 0. The third kappa shape index (κ3) is 1.64. The molecule has 0 bridgehead atoms. The first-order valence-electron chi connectivity index (χ1n) is 3.24. The van der Waals surface area contributed by atoms with Gasteiger partial charge in [0, 0.05) is 11.1 Å². The van der Waals surface area contributed by atoms with E-state index in [0.29, 0.717) is 6.42 Å². The van der Waals surface area contributed by atoms with Crippen molar-refractivity contribution < 1.29 is 4.79 Å². The molecule has 0 fully saturated rings. The zero-order chi connectivity index (χ0) is 7.40. The fourth-order valence-electron chi connectivity index (χ4n) is 0.677. The molecular weight excluding hydrogens is 146 g/mol. The standard InChI is InChI=1S/C7H9NOS/c1-2-6-5-8-7(10-6)3-4-9/h4-5H,2-3H2,1H3. The quantitative estimate of drug-likeness (QED) is 0.618. The Morgan fingerprint density at radius 2 is 2.60 bits per heavy atom. The second-order valence-corrected chi connectivity index (χ2v) is 3.14. The van der Waals surface area contributed by atoms with Gasteiger partial charge in [-0.1, -0.05) is 6.92 Å². The molecule has 10 heavy (non-hydrogen) atoms. The zero-order valence-electron chi connectivity index (χ0n) is 5.83. The Kier molecular flexibility index (Phi) is 2.57. The van der Waals surface area contributed by atoms with Gasteiger partial charge in [-0.15, -0.1) is 11.3 Å². The Balaban J connectivity index is 2.67. The zero-order valence-corrected chi connectivity index (χ0v) is 6.65. The van der Waals surface area contributed by atoms with Gasteiger partial charge in [-0.3, -0.25) is 0 Å². The van der Waals surface area contributed by atoms with Crippen LogP contribution in [-0.4, -0.2) is 11.3 Å². The minimum atomic E-state index is 0.463. The molecule has 1 rings (SSSR count). The maximum atomic E-state index is 10.0. The lowest BCUT2D eigenvalue weighted by Gasteiger charge is -1.81. The van der Waals surface area contributed by atoms with E-state index in [2.05, 4.69) is 11.9 Å². The van der Waals surface area contributed by atoms with Crippen LogP contribution < -0.4 is 0 Å². The van der Waals surface area contributed by atoms with Crippen molar-refractivity contribution in [3.63, 3.8) is 0 Å². The molecule has 0 spiro atoms. The van der Waals surface area contributed by atoms with Crippen molar-refractivity contribution in [1.82, 2.24) is 4.98 Å². The van der Waals surface area contributed by atoms with Crippen molar-refractivity contribution in [1.29, 1.82) is 0 Å². The summed E-state index contributed by atoms with van der Waals surface area (Å²) in [6.45, 7) is 2.08. The number of hydrogen-bond donors (Lipinski definition) is 0. The maximum absolute atomic E-state index is 10.0. The summed E-state index contributed by atoms with van der Waals surface area (Å²) in [7, 11) is 0. The molecule has 0 atom stereocenters. The first-order chi connectivity index (χ1) is 4.86. The van der Waals surface area contributed by atoms with E-state index >= 15 is 0 Å². The van der Waals surface area contributed by atoms with Gasteiger partial charge in [-0.2, -0.15) is 0 Å². The summed E-state index contributed by atoms with van der Waals surface area (Å²) >= 11 is 1.62. The van der Waals surface area contributed by atoms with Crippen molar-refractivity contribution in [3.8, 4) is 0 Å². The molecule has 0 aliphatic carbocycles. The number of thiazole rings is 1. The van der Waals surface area contributed by atoms with Crippen LogP contribution in [0.4, 0.5) is 0 Å². The van der Waals surface area contributed by atoms with Crippen LogP contribution in [0.1, 0.15) is 16.8 Å². The van der Waals surface area contributed by atoms with E-state index in [-0.39, 0.29) is 0 Å². The first kappa shape index (κ1) is 7.41. The molecule has 0 saturated carbocycles. The SMILES string of the molecule is CCc1cnc(CC=O)s1. The highest BCUT2D eigenvalue weighted by atomic mass is 32.1. The molecular formula is C7H9NOS. The van der Waals surface area contributed by atoms with E-state index in [1.807, 2.05) is 6.20 Å². The fourth-order valence-corrected chi connectivity index (χ4v) is 1.49. The Labute approximate surface area is 63.9 Å². The normalized spacial score (nSPS) is 9.70. The number of aromatic nitrogens is 1. The van der Waals surface area contributed by atoms with Crippen LogP contribution in [0.25, 0.3) is 0 Å². The second kappa shape index (κ2) is 3.46. The summed E-state index contributed by atoms with van der Waals surface area (Å²) in [6.07, 6.45) is 4.20. The molecule has 0 N–H and O–H groups in total. The average molecular weight is 155 g/mol. The highest BCUT2D eigenvalue weighted by Crippen LogP contribution is 2.12. The van der Waals surface area contributed by atoms with Crippen LogP contribution in [-0.2, 0) is 17.6 Å². The molecule has 0 amide bonds. The molecule has 0 radical (unpaired) electrons. The minimum Gasteiger partial charge on any atom is -0.303 e. The van der Waals surface area contributed by atoms with Crippen LogP contribution in [0.2, 0.25) is 0 Å². The van der Waals surface area contributed by atoms with Crippen LogP contribution in [0.5, 0.6) is 0 Å². The van der Waals surface area contributed by atoms with Crippen molar-refractivity contribution in [2.24, 2.45) is 0 Å². The van der Waals surface area contributed by atoms with Gasteiger partial charge in [0.25, 0.3) is 0 Å². The van der Waals surface area contributed by atoms with Crippen LogP contribution >= 0.6 is 11.3 Å². The molecule has 1 aromatic rings. The topological polar surface area (TPSA) is 30.0 Å². The van der Waals surface area contributed by atoms with Crippen LogP contribution in [0.15, 0.2) is 6.20 Å². The predicted octanol–water partition coefficient (Wildman–Crippen LogP) is 1.45. The van der Waals surface area contributed by atoms with Crippen molar-refractivity contribution in [2.75, 3.05) is 0 Å². The third-order valence-corrected chi connectivity index (χ3v) is 2.37. The Bertz CT molecular complexity index is 219. The Morgan fingerprint density at radius 1 is 1.80 bits per heavy atom. The summed E-state index contributed by atoms with van der Waals surface area (Å²) in [5, 5.41) is 0.923.